The summed E-state index contributed by atoms with van der Waals surface area (Å²) in [7, 11) is 0. The maximum atomic E-state index is 5.83. The molecule has 1 heterocycles. The summed E-state index contributed by atoms with van der Waals surface area (Å²) in [5.41, 5.74) is 0. The van der Waals surface area contributed by atoms with Crippen molar-refractivity contribution in [3.05, 3.63) is 0 Å². The lowest BCUT2D eigenvalue weighted by Crippen LogP contribution is -2.31. The normalized spacial score (nSPS) is 22.0. The Bertz CT molecular complexity index is 178. The van der Waals surface area contributed by atoms with Crippen molar-refractivity contribution >= 4 is 0 Å². The third-order valence-electron chi connectivity index (χ3n) is 3.95. The molecule has 0 aromatic heterocycles. The molecule has 1 N–H and O–H groups in total. The largest absolute Gasteiger partial charge is 0.378 e. The second kappa shape index (κ2) is 10.8. The fourth-order valence-electron chi connectivity index (χ4n) is 2.76. The molecule has 0 bridgehead atoms. The number of hydrogen-bond donors (Lipinski definition) is 1. The molecule has 0 aliphatic carbocycles. The summed E-state index contributed by atoms with van der Waals surface area (Å²) in [6.07, 6.45) is 13.7. The van der Waals surface area contributed by atoms with Gasteiger partial charge in [0.05, 0.1) is 6.10 Å². The fourth-order valence-corrected chi connectivity index (χ4v) is 2.76. The van der Waals surface area contributed by atoms with Gasteiger partial charge in [-0.3, -0.25) is 0 Å². The standard InChI is InChI=1S/C16H33NO/c1-3-5-6-9-15(17-13-4-2)11-12-16-10-7-8-14-18-16/h15-17H,3-14H2,1-2H3. The Hall–Kier alpha value is -0.0800. The molecule has 0 radical (unpaired) electrons. The van der Waals surface area contributed by atoms with E-state index < -0.39 is 0 Å². The molecular weight excluding hydrogens is 222 g/mol. The van der Waals surface area contributed by atoms with E-state index in [1.807, 2.05) is 0 Å². The van der Waals surface area contributed by atoms with Crippen molar-refractivity contribution < 1.29 is 4.74 Å². The molecule has 0 aromatic carbocycles. The molecule has 2 unspecified atom stereocenters. The van der Waals surface area contributed by atoms with Gasteiger partial charge in [0.1, 0.15) is 0 Å². The summed E-state index contributed by atoms with van der Waals surface area (Å²) in [4.78, 5) is 0. The van der Waals surface area contributed by atoms with Gasteiger partial charge in [0.15, 0.2) is 0 Å². The van der Waals surface area contributed by atoms with Crippen LogP contribution in [-0.4, -0.2) is 25.3 Å². The van der Waals surface area contributed by atoms with Crippen molar-refractivity contribution in [2.24, 2.45) is 0 Å². The first kappa shape index (κ1) is 16.0. The quantitative estimate of drug-likeness (QED) is 0.588. The van der Waals surface area contributed by atoms with Crippen molar-refractivity contribution in [1.29, 1.82) is 0 Å². The Morgan fingerprint density at radius 2 is 2.00 bits per heavy atom. The monoisotopic (exact) mass is 255 g/mol. The minimum absolute atomic E-state index is 0.552. The van der Waals surface area contributed by atoms with Crippen LogP contribution in [0.2, 0.25) is 0 Å². The first-order valence-electron chi connectivity index (χ1n) is 8.21. The summed E-state index contributed by atoms with van der Waals surface area (Å²) >= 11 is 0. The number of nitrogens with one attached hydrogen (secondary N) is 1. The Morgan fingerprint density at radius 1 is 1.11 bits per heavy atom. The van der Waals surface area contributed by atoms with Gasteiger partial charge in [-0.15, -0.1) is 0 Å². The number of hydrogen-bond acceptors (Lipinski definition) is 2. The molecular formula is C16H33NO. The molecule has 18 heavy (non-hydrogen) atoms. The SMILES string of the molecule is CCCCCC(CCC1CCCCO1)NCCC. The topological polar surface area (TPSA) is 21.3 Å². The van der Waals surface area contributed by atoms with Gasteiger partial charge in [0.2, 0.25) is 0 Å². The Morgan fingerprint density at radius 3 is 2.67 bits per heavy atom. The third kappa shape index (κ3) is 7.38. The van der Waals surface area contributed by atoms with Gasteiger partial charge < -0.3 is 10.1 Å². The molecule has 0 spiro atoms. The zero-order valence-corrected chi connectivity index (χ0v) is 12.5. The zero-order chi connectivity index (χ0) is 13.1. The van der Waals surface area contributed by atoms with E-state index in [4.69, 9.17) is 4.74 Å². The van der Waals surface area contributed by atoms with Crippen LogP contribution in [0.4, 0.5) is 0 Å². The molecule has 0 saturated carbocycles. The van der Waals surface area contributed by atoms with Crippen molar-refractivity contribution in [2.75, 3.05) is 13.2 Å². The molecule has 1 aliphatic heterocycles. The van der Waals surface area contributed by atoms with Crippen LogP contribution in [0.3, 0.4) is 0 Å². The minimum atomic E-state index is 0.552. The lowest BCUT2D eigenvalue weighted by molar-refractivity contribution is 0.00841. The molecule has 1 aliphatic rings. The van der Waals surface area contributed by atoms with Gasteiger partial charge in [-0.05, 0) is 51.5 Å². The van der Waals surface area contributed by atoms with E-state index in [0.717, 1.165) is 12.6 Å². The minimum Gasteiger partial charge on any atom is -0.378 e. The number of unbranched alkanes of at least 4 members (excludes halogenated alkanes) is 2. The number of ether oxygens (including phenoxy) is 1. The van der Waals surface area contributed by atoms with E-state index in [-0.39, 0.29) is 0 Å². The van der Waals surface area contributed by atoms with Gasteiger partial charge in [-0.25, -0.2) is 0 Å². The van der Waals surface area contributed by atoms with Gasteiger partial charge in [0, 0.05) is 12.6 Å². The molecule has 1 fully saturated rings. The second-order valence-corrected chi connectivity index (χ2v) is 5.71. The molecule has 0 aromatic rings. The van der Waals surface area contributed by atoms with Gasteiger partial charge in [0.25, 0.3) is 0 Å². The average Bonchev–Trinajstić information content (AvgIpc) is 2.42. The highest BCUT2D eigenvalue weighted by molar-refractivity contribution is 4.71. The van der Waals surface area contributed by atoms with E-state index in [9.17, 15) is 0 Å². The van der Waals surface area contributed by atoms with Gasteiger partial charge in [-0.1, -0.05) is 33.1 Å². The van der Waals surface area contributed by atoms with Gasteiger partial charge in [-0.2, -0.15) is 0 Å². The lowest BCUT2D eigenvalue weighted by atomic mass is 9.98. The molecule has 108 valence electrons. The highest BCUT2D eigenvalue weighted by Crippen LogP contribution is 2.19. The molecule has 1 saturated heterocycles. The zero-order valence-electron chi connectivity index (χ0n) is 12.5. The maximum absolute atomic E-state index is 5.83. The predicted molar refractivity (Wildman–Crippen MR) is 79.0 cm³/mol. The van der Waals surface area contributed by atoms with Gasteiger partial charge >= 0.3 is 0 Å². The van der Waals surface area contributed by atoms with Crippen LogP contribution in [0.15, 0.2) is 0 Å². The predicted octanol–water partition coefficient (Wildman–Crippen LogP) is 4.28. The van der Waals surface area contributed by atoms with Crippen LogP contribution >= 0.6 is 0 Å². The van der Waals surface area contributed by atoms with Crippen LogP contribution in [0.5, 0.6) is 0 Å². The third-order valence-corrected chi connectivity index (χ3v) is 3.95. The molecule has 2 atom stereocenters. The first-order chi connectivity index (χ1) is 8.86. The highest BCUT2D eigenvalue weighted by atomic mass is 16.5. The molecule has 0 amide bonds. The summed E-state index contributed by atoms with van der Waals surface area (Å²) in [6.45, 7) is 6.70. The van der Waals surface area contributed by atoms with Crippen molar-refractivity contribution in [3.63, 3.8) is 0 Å². The van der Waals surface area contributed by atoms with Crippen LogP contribution in [0.25, 0.3) is 0 Å². The van der Waals surface area contributed by atoms with Crippen molar-refractivity contribution in [3.8, 4) is 0 Å². The summed E-state index contributed by atoms with van der Waals surface area (Å²) in [5.74, 6) is 0. The fraction of sp³-hybridized carbons (Fsp3) is 1.00. The van der Waals surface area contributed by atoms with E-state index in [1.165, 1.54) is 70.8 Å². The Kier molecular flexibility index (Phi) is 9.59. The summed E-state index contributed by atoms with van der Waals surface area (Å²) in [6, 6.07) is 0.724. The summed E-state index contributed by atoms with van der Waals surface area (Å²) < 4.78 is 5.83. The smallest absolute Gasteiger partial charge is 0.0575 e. The van der Waals surface area contributed by atoms with E-state index in [1.54, 1.807) is 0 Å². The van der Waals surface area contributed by atoms with Crippen molar-refractivity contribution in [1.82, 2.24) is 5.32 Å². The van der Waals surface area contributed by atoms with E-state index >= 15 is 0 Å². The molecule has 2 heteroatoms. The molecule has 2 nitrogen and oxygen atoms in total. The lowest BCUT2D eigenvalue weighted by Gasteiger charge is -2.25. The Balaban J connectivity index is 2.16. The van der Waals surface area contributed by atoms with Crippen LogP contribution in [0.1, 0.15) is 78.1 Å². The highest BCUT2D eigenvalue weighted by Gasteiger charge is 2.16. The van der Waals surface area contributed by atoms with Crippen LogP contribution in [-0.2, 0) is 4.74 Å². The molecule has 1 rings (SSSR count). The first-order valence-corrected chi connectivity index (χ1v) is 8.21. The van der Waals surface area contributed by atoms with E-state index in [2.05, 4.69) is 19.2 Å². The van der Waals surface area contributed by atoms with Crippen LogP contribution < -0.4 is 5.32 Å². The average molecular weight is 255 g/mol. The number of rotatable bonds is 10. The van der Waals surface area contributed by atoms with Crippen molar-refractivity contribution in [2.45, 2.75) is 90.2 Å². The second-order valence-electron chi connectivity index (χ2n) is 5.71. The summed E-state index contributed by atoms with van der Waals surface area (Å²) in [5, 5.41) is 3.71. The Labute approximate surface area is 114 Å². The maximum Gasteiger partial charge on any atom is 0.0575 e. The van der Waals surface area contributed by atoms with E-state index in [0.29, 0.717) is 6.10 Å². The van der Waals surface area contributed by atoms with Crippen LogP contribution in [0, 0.1) is 0 Å².